The lowest BCUT2D eigenvalue weighted by atomic mass is 9.99. The molecule has 0 saturated heterocycles. The molecule has 21 heavy (non-hydrogen) atoms. The van der Waals surface area contributed by atoms with E-state index in [1.807, 2.05) is 19.3 Å². The van der Waals surface area contributed by atoms with Gasteiger partial charge in [-0.25, -0.2) is 0 Å². The predicted molar refractivity (Wildman–Crippen MR) is 91.3 cm³/mol. The molecule has 1 atom stereocenters. The Morgan fingerprint density at radius 1 is 1.29 bits per heavy atom. The van der Waals surface area contributed by atoms with Crippen molar-refractivity contribution in [3.63, 3.8) is 0 Å². The highest BCUT2D eigenvalue weighted by Gasteiger charge is 2.13. The number of thiophene rings is 1. The van der Waals surface area contributed by atoms with Gasteiger partial charge in [0.1, 0.15) is 0 Å². The van der Waals surface area contributed by atoms with Gasteiger partial charge in [0.15, 0.2) is 0 Å². The molecule has 2 heterocycles. The molecular weight excluding hydrogens is 300 g/mol. The molecule has 3 rings (SSSR count). The van der Waals surface area contributed by atoms with Crippen LogP contribution in [0.1, 0.15) is 22.7 Å². The van der Waals surface area contributed by atoms with Crippen molar-refractivity contribution >= 4 is 33.2 Å². The first kappa shape index (κ1) is 14.5. The molecule has 0 aliphatic heterocycles. The lowest BCUT2D eigenvalue weighted by Gasteiger charge is -2.17. The van der Waals surface area contributed by atoms with Crippen LogP contribution in [0.15, 0.2) is 41.9 Å². The van der Waals surface area contributed by atoms with Crippen molar-refractivity contribution < 1.29 is 0 Å². The van der Waals surface area contributed by atoms with Crippen LogP contribution in [0.3, 0.4) is 0 Å². The average Bonchev–Trinajstić information content (AvgIpc) is 2.94. The summed E-state index contributed by atoms with van der Waals surface area (Å²) < 4.78 is 1.22. The van der Waals surface area contributed by atoms with Crippen LogP contribution in [0, 0.1) is 6.92 Å². The van der Waals surface area contributed by atoms with E-state index in [9.17, 15) is 0 Å². The molecule has 0 saturated carbocycles. The minimum atomic E-state index is 0.212. The Bertz CT molecular complexity index is 766. The Morgan fingerprint density at radius 3 is 2.90 bits per heavy atom. The molecule has 0 amide bonds. The summed E-state index contributed by atoms with van der Waals surface area (Å²) in [6.45, 7) is 2.06. The first-order valence-electron chi connectivity index (χ1n) is 6.93. The van der Waals surface area contributed by atoms with Crippen LogP contribution in [0.4, 0.5) is 0 Å². The lowest BCUT2D eigenvalue weighted by molar-refractivity contribution is 0.591. The van der Waals surface area contributed by atoms with Crippen molar-refractivity contribution in [1.29, 1.82) is 0 Å². The smallest absolute Gasteiger partial charge is 0.0809 e. The topological polar surface area (TPSA) is 24.9 Å². The van der Waals surface area contributed by atoms with Crippen LogP contribution in [0.25, 0.3) is 10.2 Å². The number of benzene rings is 1. The molecule has 0 fully saturated rings. The molecule has 4 heteroatoms. The molecule has 0 aliphatic rings. The van der Waals surface area contributed by atoms with Crippen LogP contribution in [0.2, 0.25) is 5.02 Å². The van der Waals surface area contributed by atoms with Crippen LogP contribution in [-0.4, -0.2) is 12.0 Å². The van der Waals surface area contributed by atoms with Crippen molar-refractivity contribution in [2.45, 2.75) is 19.4 Å². The maximum atomic E-state index is 6.35. The standard InChI is InChI=1S/C17H17ClN2S/c1-11-3-4-12(14(18)7-11)8-16(19-2)13-9-17-15(20-10-13)5-6-21-17/h3-7,9-10,16,19H,8H2,1-2H3. The van der Waals surface area contributed by atoms with Gasteiger partial charge in [-0.2, -0.15) is 0 Å². The number of aryl methyl sites for hydroxylation is 1. The van der Waals surface area contributed by atoms with Gasteiger partial charge in [0, 0.05) is 17.3 Å². The highest BCUT2D eigenvalue weighted by Crippen LogP contribution is 2.27. The summed E-state index contributed by atoms with van der Waals surface area (Å²) in [6, 6.07) is 10.7. The van der Waals surface area contributed by atoms with E-state index in [0.29, 0.717) is 0 Å². The molecule has 2 aromatic heterocycles. The molecule has 1 aromatic carbocycles. The third-order valence-corrected chi connectivity index (χ3v) is 4.91. The van der Waals surface area contributed by atoms with Gasteiger partial charge in [-0.05, 0) is 60.7 Å². The van der Waals surface area contributed by atoms with Crippen molar-refractivity contribution in [2.75, 3.05) is 7.05 Å². The molecule has 0 aliphatic carbocycles. The van der Waals surface area contributed by atoms with E-state index in [4.69, 9.17) is 11.6 Å². The minimum Gasteiger partial charge on any atom is -0.313 e. The number of pyridine rings is 1. The average molecular weight is 317 g/mol. The first-order valence-corrected chi connectivity index (χ1v) is 8.18. The van der Waals surface area contributed by atoms with Crippen LogP contribution in [0.5, 0.6) is 0 Å². The van der Waals surface area contributed by atoms with Gasteiger partial charge in [0.25, 0.3) is 0 Å². The summed E-state index contributed by atoms with van der Waals surface area (Å²) in [6.07, 6.45) is 2.81. The minimum absolute atomic E-state index is 0.212. The molecule has 2 nitrogen and oxygen atoms in total. The number of hydrogen-bond donors (Lipinski definition) is 1. The Balaban J connectivity index is 1.90. The van der Waals surface area contributed by atoms with E-state index in [1.54, 1.807) is 11.3 Å². The summed E-state index contributed by atoms with van der Waals surface area (Å²) in [7, 11) is 1.98. The fourth-order valence-electron chi connectivity index (χ4n) is 2.48. The Labute approximate surface area is 133 Å². The number of halogens is 1. The van der Waals surface area contributed by atoms with Gasteiger partial charge >= 0.3 is 0 Å². The number of aromatic nitrogens is 1. The van der Waals surface area contributed by atoms with Crippen LogP contribution in [-0.2, 0) is 6.42 Å². The van der Waals surface area contributed by atoms with Gasteiger partial charge in [-0.15, -0.1) is 11.3 Å². The van der Waals surface area contributed by atoms with Crippen LogP contribution < -0.4 is 5.32 Å². The number of nitrogens with zero attached hydrogens (tertiary/aromatic N) is 1. The quantitative estimate of drug-likeness (QED) is 0.750. The first-order chi connectivity index (χ1) is 10.2. The summed E-state index contributed by atoms with van der Waals surface area (Å²) in [5, 5.41) is 6.28. The zero-order valence-electron chi connectivity index (χ0n) is 12.1. The highest BCUT2D eigenvalue weighted by atomic mass is 35.5. The molecule has 0 radical (unpaired) electrons. The number of nitrogens with one attached hydrogen (secondary N) is 1. The molecule has 0 bridgehead atoms. The van der Waals surface area contributed by atoms with Gasteiger partial charge in [-0.3, -0.25) is 4.98 Å². The van der Waals surface area contributed by atoms with Crippen molar-refractivity contribution in [3.05, 3.63) is 63.6 Å². The number of rotatable bonds is 4. The Kier molecular flexibility index (Phi) is 4.24. The van der Waals surface area contributed by atoms with E-state index < -0.39 is 0 Å². The molecule has 1 unspecified atom stereocenters. The SMILES string of the molecule is CNC(Cc1ccc(C)cc1Cl)c1cnc2ccsc2c1. The fourth-order valence-corrected chi connectivity index (χ4v) is 3.58. The molecule has 108 valence electrons. The number of fused-ring (bicyclic) bond motifs is 1. The molecular formula is C17H17ClN2S. The zero-order valence-corrected chi connectivity index (χ0v) is 13.6. The number of likely N-dealkylation sites (N-methyl/N-ethyl adjacent to an activating group) is 1. The normalized spacial score (nSPS) is 12.7. The predicted octanol–water partition coefficient (Wildman–Crippen LogP) is 4.76. The number of hydrogen-bond acceptors (Lipinski definition) is 3. The summed E-state index contributed by atoms with van der Waals surface area (Å²) in [5.41, 5.74) is 4.61. The molecule has 3 aromatic rings. The van der Waals surface area contributed by atoms with Crippen LogP contribution >= 0.6 is 22.9 Å². The van der Waals surface area contributed by atoms with Crippen molar-refractivity contribution in [2.24, 2.45) is 0 Å². The second-order valence-corrected chi connectivity index (χ2v) is 6.57. The van der Waals surface area contributed by atoms with E-state index in [-0.39, 0.29) is 6.04 Å². The van der Waals surface area contributed by atoms with Gasteiger partial charge in [0.05, 0.1) is 10.2 Å². The van der Waals surface area contributed by atoms with Crippen molar-refractivity contribution in [1.82, 2.24) is 10.3 Å². The van der Waals surface area contributed by atoms with Gasteiger partial charge in [-0.1, -0.05) is 23.7 Å². The van der Waals surface area contributed by atoms with E-state index in [0.717, 1.165) is 22.5 Å². The third kappa shape index (κ3) is 3.10. The molecule has 0 spiro atoms. The van der Waals surface area contributed by atoms with Crippen molar-refractivity contribution in [3.8, 4) is 0 Å². The molecule has 1 N–H and O–H groups in total. The monoisotopic (exact) mass is 316 g/mol. The maximum absolute atomic E-state index is 6.35. The lowest BCUT2D eigenvalue weighted by Crippen LogP contribution is -2.19. The second kappa shape index (κ2) is 6.14. The van der Waals surface area contributed by atoms with Gasteiger partial charge in [0.2, 0.25) is 0 Å². The second-order valence-electron chi connectivity index (χ2n) is 5.21. The summed E-state index contributed by atoms with van der Waals surface area (Å²) in [5.74, 6) is 0. The fraction of sp³-hybridized carbons (Fsp3) is 0.235. The zero-order chi connectivity index (χ0) is 14.8. The summed E-state index contributed by atoms with van der Waals surface area (Å²) in [4.78, 5) is 4.53. The van der Waals surface area contributed by atoms with Gasteiger partial charge < -0.3 is 5.32 Å². The summed E-state index contributed by atoms with van der Waals surface area (Å²) >= 11 is 8.08. The highest BCUT2D eigenvalue weighted by molar-refractivity contribution is 7.17. The Hall–Kier alpha value is -1.42. The largest absolute Gasteiger partial charge is 0.313 e. The van der Waals surface area contributed by atoms with E-state index >= 15 is 0 Å². The third-order valence-electron chi connectivity index (χ3n) is 3.71. The maximum Gasteiger partial charge on any atom is 0.0809 e. The van der Waals surface area contributed by atoms with E-state index in [1.165, 1.54) is 15.8 Å². The van der Waals surface area contributed by atoms with E-state index in [2.05, 4.69) is 46.9 Å². The Morgan fingerprint density at radius 2 is 2.14 bits per heavy atom.